The van der Waals surface area contributed by atoms with Crippen molar-refractivity contribution in [1.29, 1.82) is 0 Å². The van der Waals surface area contributed by atoms with Gasteiger partial charge < -0.3 is 9.64 Å². The van der Waals surface area contributed by atoms with Gasteiger partial charge in [-0.15, -0.1) is 0 Å². The Hall–Kier alpha value is 0.394. The van der Waals surface area contributed by atoms with Gasteiger partial charge in [0.1, 0.15) is 6.61 Å². The van der Waals surface area contributed by atoms with Gasteiger partial charge in [-0.05, 0) is 0 Å². The molecule has 0 aliphatic carbocycles. The summed E-state index contributed by atoms with van der Waals surface area (Å²) in [6.07, 6.45) is 0. The van der Waals surface area contributed by atoms with Gasteiger partial charge in [0.2, 0.25) is 0 Å². The van der Waals surface area contributed by atoms with Gasteiger partial charge in [0, 0.05) is 21.1 Å². The SMILES string of the molecule is CN=C1OCCN(C)C1=NC.[Br][Ni][Br]. The van der Waals surface area contributed by atoms with Crippen LogP contribution in [-0.4, -0.2) is 50.9 Å². The molecule has 7 heteroatoms. The quantitative estimate of drug-likeness (QED) is 0.606. The summed E-state index contributed by atoms with van der Waals surface area (Å²) in [6, 6.07) is 0. The molecule has 0 bridgehead atoms. The van der Waals surface area contributed by atoms with Gasteiger partial charge in [-0.1, -0.05) is 0 Å². The van der Waals surface area contributed by atoms with Gasteiger partial charge >= 0.3 is 39.3 Å². The maximum absolute atomic E-state index is 5.28. The van der Waals surface area contributed by atoms with Gasteiger partial charge in [0.15, 0.2) is 5.84 Å². The van der Waals surface area contributed by atoms with Crippen LogP contribution < -0.4 is 0 Å². The van der Waals surface area contributed by atoms with Crippen molar-refractivity contribution in [3.05, 3.63) is 0 Å². The number of halogens is 2. The standard InChI is InChI=1S/C7H13N3O.2BrH.Ni/c1-8-6-7(9-2)11-5-4-10(6)3;;;/h4-5H2,1-3H3;2*1H;/q;;;+2/p-2. The maximum atomic E-state index is 5.28. The minimum absolute atomic E-state index is 0.640. The van der Waals surface area contributed by atoms with E-state index in [2.05, 4.69) is 38.4 Å². The van der Waals surface area contributed by atoms with E-state index in [-0.39, 0.29) is 0 Å². The van der Waals surface area contributed by atoms with Crippen molar-refractivity contribution in [2.45, 2.75) is 0 Å². The summed E-state index contributed by atoms with van der Waals surface area (Å²) in [4.78, 5) is 10.1. The molecule has 0 unspecified atom stereocenters. The van der Waals surface area contributed by atoms with Crippen LogP contribution in [0.15, 0.2) is 9.98 Å². The molecule has 0 N–H and O–H groups in total. The predicted molar refractivity (Wildman–Crippen MR) is 63.2 cm³/mol. The molecular formula is C7H13Br2N3NiO. The Labute approximate surface area is 105 Å². The fourth-order valence-electron chi connectivity index (χ4n) is 1.04. The molecule has 86 valence electrons. The second kappa shape index (κ2) is 8.68. The Morgan fingerprint density at radius 2 is 1.93 bits per heavy atom. The van der Waals surface area contributed by atoms with E-state index in [9.17, 15) is 0 Å². The Balaban J connectivity index is 0.000000500. The van der Waals surface area contributed by atoms with Gasteiger partial charge in [0.25, 0.3) is 5.90 Å². The van der Waals surface area contributed by atoms with Crippen LogP contribution >= 0.6 is 28.5 Å². The molecule has 1 rings (SSSR count). The number of hydrogen-bond acceptors (Lipinski definition) is 3. The molecule has 1 heterocycles. The van der Waals surface area contributed by atoms with Crippen molar-refractivity contribution in [2.75, 3.05) is 34.3 Å². The second-order valence-corrected chi connectivity index (χ2v) is 7.38. The molecule has 0 aromatic heterocycles. The first-order valence-electron chi connectivity index (χ1n) is 3.81. The van der Waals surface area contributed by atoms with Crippen LogP contribution in [-0.2, 0) is 15.6 Å². The van der Waals surface area contributed by atoms with E-state index >= 15 is 0 Å². The van der Waals surface area contributed by atoms with Crippen LogP contribution in [0.5, 0.6) is 0 Å². The first-order valence-corrected chi connectivity index (χ1v) is 8.69. The topological polar surface area (TPSA) is 37.2 Å². The monoisotopic (exact) mass is 371 g/mol. The Kier molecular flexibility index (Phi) is 8.93. The van der Waals surface area contributed by atoms with Crippen LogP contribution in [0.2, 0.25) is 0 Å². The van der Waals surface area contributed by atoms with Crippen LogP contribution in [0.25, 0.3) is 0 Å². The third-order valence-corrected chi connectivity index (χ3v) is 1.63. The average Bonchev–Trinajstić information content (AvgIpc) is 2.18. The van der Waals surface area contributed by atoms with Gasteiger partial charge in [0.05, 0.1) is 6.54 Å². The van der Waals surface area contributed by atoms with Gasteiger partial charge in [-0.3, -0.25) is 9.98 Å². The van der Waals surface area contributed by atoms with E-state index in [1.54, 1.807) is 14.1 Å². The summed E-state index contributed by atoms with van der Waals surface area (Å²) in [7, 11) is 6.68. The molecule has 0 aromatic carbocycles. The van der Waals surface area contributed by atoms with E-state index < -0.39 is 0 Å². The first kappa shape index (κ1) is 14.4. The Bertz CT molecular complexity index is 223. The number of morpholine rings is 1. The fraction of sp³-hybridized carbons (Fsp3) is 0.714. The molecule has 4 nitrogen and oxygen atoms in total. The predicted octanol–water partition coefficient (Wildman–Crippen LogP) is 1.69. The average molecular weight is 374 g/mol. The number of aliphatic imine (C=N–C) groups is 2. The number of rotatable bonds is 0. The van der Waals surface area contributed by atoms with E-state index in [1.165, 1.54) is 10.9 Å². The third kappa shape index (κ3) is 4.76. The molecule has 1 aliphatic rings. The Morgan fingerprint density at radius 1 is 1.36 bits per heavy atom. The van der Waals surface area contributed by atoms with E-state index in [0.29, 0.717) is 12.5 Å². The molecular weight excluding hydrogens is 361 g/mol. The van der Waals surface area contributed by atoms with Gasteiger partial charge in [-0.2, -0.15) is 0 Å². The molecule has 0 aromatic rings. The number of hydrogen-bond donors (Lipinski definition) is 0. The van der Waals surface area contributed by atoms with Gasteiger partial charge in [-0.25, -0.2) is 0 Å². The van der Waals surface area contributed by atoms with Crippen LogP contribution in [0.1, 0.15) is 0 Å². The second-order valence-electron chi connectivity index (χ2n) is 2.39. The van der Waals surface area contributed by atoms with Crippen LogP contribution in [0, 0.1) is 0 Å². The van der Waals surface area contributed by atoms with Crippen molar-refractivity contribution in [1.82, 2.24) is 4.90 Å². The summed E-state index contributed by atoms with van der Waals surface area (Å²) in [5.41, 5.74) is 0. The van der Waals surface area contributed by atoms with E-state index in [1.807, 2.05) is 11.9 Å². The van der Waals surface area contributed by atoms with Crippen molar-refractivity contribution in [3.63, 3.8) is 0 Å². The number of ether oxygens (including phenoxy) is 1. The van der Waals surface area contributed by atoms with Crippen molar-refractivity contribution >= 4 is 40.2 Å². The molecule has 0 radical (unpaired) electrons. The zero-order chi connectivity index (χ0) is 11.0. The molecule has 0 amide bonds. The van der Waals surface area contributed by atoms with Crippen LogP contribution in [0.3, 0.4) is 0 Å². The summed E-state index contributed by atoms with van der Waals surface area (Å²) in [5.74, 6) is 1.47. The molecule has 0 spiro atoms. The van der Waals surface area contributed by atoms with Crippen molar-refractivity contribution < 1.29 is 15.6 Å². The molecule has 1 fully saturated rings. The number of nitrogens with zero attached hydrogens (tertiary/aromatic N) is 3. The fourth-order valence-corrected chi connectivity index (χ4v) is 1.04. The van der Waals surface area contributed by atoms with Crippen LogP contribution in [0.4, 0.5) is 0 Å². The summed E-state index contributed by atoms with van der Waals surface area (Å²) in [5, 5.41) is 0. The zero-order valence-electron chi connectivity index (χ0n) is 8.24. The Morgan fingerprint density at radius 3 is 2.29 bits per heavy atom. The first-order chi connectivity index (χ1) is 6.71. The molecule has 0 atom stereocenters. The molecule has 1 aliphatic heterocycles. The third-order valence-electron chi connectivity index (χ3n) is 1.63. The number of amidine groups is 1. The molecule has 14 heavy (non-hydrogen) atoms. The van der Waals surface area contributed by atoms with E-state index in [4.69, 9.17) is 4.74 Å². The van der Waals surface area contributed by atoms with Crippen molar-refractivity contribution in [3.8, 4) is 0 Å². The summed E-state index contributed by atoms with van der Waals surface area (Å²) < 4.78 is 5.28. The van der Waals surface area contributed by atoms with Crippen molar-refractivity contribution in [2.24, 2.45) is 9.98 Å². The minimum atomic E-state index is 0.640. The zero-order valence-corrected chi connectivity index (χ0v) is 12.4. The summed E-state index contributed by atoms with van der Waals surface area (Å²) in [6.45, 7) is 1.58. The normalized spacial score (nSPS) is 21.9. The number of likely N-dealkylation sites (N-methyl/N-ethyl adjacent to an activating group) is 1. The van der Waals surface area contributed by atoms with E-state index in [0.717, 1.165) is 12.4 Å². The summed E-state index contributed by atoms with van der Waals surface area (Å²) >= 11 is 6.00. The molecule has 1 saturated heterocycles. The molecule has 0 saturated carbocycles.